The van der Waals surface area contributed by atoms with Crippen LogP contribution in [0, 0.1) is 10.1 Å². The van der Waals surface area contributed by atoms with Gasteiger partial charge in [0.1, 0.15) is 11.1 Å². The summed E-state index contributed by atoms with van der Waals surface area (Å²) >= 11 is 2.13. The van der Waals surface area contributed by atoms with E-state index in [0.717, 1.165) is 23.5 Å². The fraction of sp³-hybridized carbons (Fsp3) is 0.214. The van der Waals surface area contributed by atoms with E-state index in [-0.39, 0.29) is 28.4 Å². The molecule has 0 bridgehead atoms. The van der Waals surface area contributed by atoms with Gasteiger partial charge in [0, 0.05) is 24.2 Å². The summed E-state index contributed by atoms with van der Waals surface area (Å²) in [6.45, 7) is 0. The average Bonchev–Trinajstić information content (AvgIpc) is 3.19. The van der Waals surface area contributed by atoms with Gasteiger partial charge < -0.3 is 16.0 Å². The Morgan fingerprint density at radius 2 is 2.00 bits per heavy atom. The molecule has 0 spiro atoms. The molecule has 140 valence electrons. The molecule has 2 aliphatic rings. The number of hydrogen-bond donors (Lipinski definition) is 3. The lowest BCUT2D eigenvalue weighted by molar-refractivity contribution is -0.384. The molecule has 3 amide bonds. The predicted octanol–water partition coefficient (Wildman–Crippen LogP) is 1.28. The first kappa shape index (κ1) is 18.8. The van der Waals surface area contributed by atoms with E-state index in [9.17, 15) is 24.5 Å². The number of thioether (sulfide) groups is 2. The molecule has 0 aliphatic carbocycles. The van der Waals surface area contributed by atoms with Crippen LogP contribution in [-0.4, -0.2) is 44.0 Å². The first-order valence-corrected chi connectivity index (χ1v) is 9.37. The average molecular weight is 408 g/mol. The summed E-state index contributed by atoms with van der Waals surface area (Å²) in [6.07, 6.45) is -0.102. The smallest absolute Gasteiger partial charge is 0.284 e. The maximum atomic E-state index is 12.1. The van der Waals surface area contributed by atoms with E-state index in [1.165, 1.54) is 24.3 Å². The molecule has 0 radical (unpaired) electrons. The Kier molecular flexibility index (Phi) is 5.71. The highest BCUT2D eigenvalue weighted by molar-refractivity contribution is 8.15. The summed E-state index contributed by atoms with van der Waals surface area (Å²) in [5.74, 6) is -0.00664. The van der Waals surface area contributed by atoms with Crippen molar-refractivity contribution in [3.8, 4) is 0 Å². The minimum atomic E-state index is -0.672. The lowest BCUT2D eigenvalue weighted by atomic mass is 10.2. The van der Waals surface area contributed by atoms with Crippen molar-refractivity contribution < 1.29 is 19.3 Å². The quantitative estimate of drug-likeness (QED) is 0.489. The van der Waals surface area contributed by atoms with Crippen LogP contribution < -0.4 is 16.0 Å². The van der Waals surface area contributed by atoms with E-state index in [0.29, 0.717) is 17.3 Å². The molecule has 0 aromatic heterocycles. The molecule has 13 heteroatoms. The van der Waals surface area contributed by atoms with Crippen LogP contribution in [0.15, 0.2) is 34.5 Å². The Morgan fingerprint density at radius 1 is 1.26 bits per heavy atom. The van der Waals surface area contributed by atoms with Gasteiger partial charge in [-0.25, -0.2) is 0 Å². The lowest BCUT2D eigenvalue weighted by Gasteiger charge is -2.07. The third-order valence-corrected chi connectivity index (χ3v) is 5.21. The van der Waals surface area contributed by atoms with Gasteiger partial charge in [-0.2, -0.15) is 0 Å². The van der Waals surface area contributed by atoms with Gasteiger partial charge >= 0.3 is 0 Å². The molecule has 1 atom stereocenters. The predicted molar refractivity (Wildman–Crippen MR) is 102 cm³/mol. The summed E-state index contributed by atoms with van der Waals surface area (Å²) < 4.78 is 0. The van der Waals surface area contributed by atoms with Crippen molar-refractivity contribution in [2.75, 3.05) is 11.1 Å². The van der Waals surface area contributed by atoms with Crippen LogP contribution in [0.5, 0.6) is 0 Å². The number of carbonyl (C=O) groups is 3. The standard InChI is InChI=1S/C14H12N6O5S2/c21-11(15-7-1-3-8(4-2-7)20(24)25)5-9-12(22)17-13(27-9)19-18-10-6-26-14(23)16-10/h1-4,9H,5-6H2,(H,15,21)(H,16,18,23)(H,17,19,22). The number of benzene rings is 1. The summed E-state index contributed by atoms with van der Waals surface area (Å²) in [4.78, 5) is 45.2. The topological polar surface area (TPSA) is 155 Å². The van der Waals surface area contributed by atoms with Crippen molar-refractivity contribution in [3.05, 3.63) is 34.4 Å². The Balaban J connectivity index is 1.54. The summed E-state index contributed by atoms with van der Waals surface area (Å²) in [6, 6.07) is 5.37. The molecule has 27 heavy (non-hydrogen) atoms. The molecule has 2 aliphatic heterocycles. The molecule has 2 heterocycles. The minimum Gasteiger partial charge on any atom is -0.326 e. The number of amides is 3. The number of nitrogens with one attached hydrogen (secondary N) is 3. The summed E-state index contributed by atoms with van der Waals surface area (Å²) in [5.41, 5.74) is 0.307. The van der Waals surface area contributed by atoms with Gasteiger partial charge in [-0.1, -0.05) is 23.5 Å². The maximum absolute atomic E-state index is 12.1. The van der Waals surface area contributed by atoms with Gasteiger partial charge in [0.2, 0.25) is 11.8 Å². The van der Waals surface area contributed by atoms with Crippen LogP contribution in [0.1, 0.15) is 6.42 Å². The van der Waals surface area contributed by atoms with Crippen LogP contribution in [0.2, 0.25) is 0 Å². The van der Waals surface area contributed by atoms with E-state index < -0.39 is 16.1 Å². The Hall–Kier alpha value is -2.93. The highest BCUT2D eigenvalue weighted by Crippen LogP contribution is 2.23. The third kappa shape index (κ3) is 5.04. The number of nitro benzene ring substituents is 1. The van der Waals surface area contributed by atoms with Gasteiger partial charge in [-0.3, -0.25) is 24.5 Å². The zero-order valence-corrected chi connectivity index (χ0v) is 15.1. The van der Waals surface area contributed by atoms with Crippen LogP contribution in [-0.2, 0) is 9.59 Å². The fourth-order valence-corrected chi connectivity index (χ4v) is 3.62. The van der Waals surface area contributed by atoms with Crippen LogP contribution >= 0.6 is 23.5 Å². The summed E-state index contributed by atoms with van der Waals surface area (Å²) in [5, 5.41) is 25.3. The van der Waals surface area contributed by atoms with E-state index >= 15 is 0 Å². The van der Waals surface area contributed by atoms with Gasteiger partial charge in [0.15, 0.2) is 5.17 Å². The largest absolute Gasteiger partial charge is 0.326 e. The fourth-order valence-electron chi connectivity index (χ4n) is 2.12. The molecule has 0 saturated carbocycles. The normalized spacial score (nSPS) is 22.0. The Bertz CT molecular complexity index is 869. The van der Waals surface area contributed by atoms with E-state index in [2.05, 4.69) is 26.2 Å². The van der Waals surface area contributed by atoms with Crippen molar-refractivity contribution in [1.82, 2.24) is 10.6 Å². The van der Waals surface area contributed by atoms with Gasteiger partial charge in [-0.15, -0.1) is 10.2 Å². The third-order valence-electron chi connectivity index (χ3n) is 3.36. The van der Waals surface area contributed by atoms with Gasteiger partial charge in [-0.05, 0) is 12.1 Å². The van der Waals surface area contributed by atoms with Crippen molar-refractivity contribution >= 4 is 63.0 Å². The number of nitrogens with zero attached hydrogens (tertiary/aromatic N) is 3. The number of carbonyl (C=O) groups excluding carboxylic acids is 3. The van der Waals surface area contributed by atoms with E-state index in [1.54, 1.807) is 0 Å². The molecule has 2 saturated heterocycles. The van der Waals surface area contributed by atoms with Crippen molar-refractivity contribution in [2.45, 2.75) is 11.7 Å². The second-order valence-corrected chi connectivity index (χ2v) is 7.44. The van der Waals surface area contributed by atoms with Crippen LogP contribution in [0.3, 0.4) is 0 Å². The number of hydrogen-bond acceptors (Lipinski definition) is 9. The Labute approximate surface area is 160 Å². The van der Waals surface area contributed by atoms with Gasteiger partial charge in [0.05, 0.1) is 10.7 Å². The van der Waals surface area contributed by atoms with Crippen molar-refractivity contribution in [1.29, 1.82) is 0 Å². The number of non-ortho nitro benzene ring substituents is 1. The molecule has 1 aromatic carbocycles. The van der Waals surface area contributed by atoms with Crippen molar-refractivity contribution in [3.63, 3.8) is 0 Å². The minimum absolute atomic E-state index is 0.0851. The molecule has 11 nitrogen and oxygen atoms in total. The summed E-state index contributed by atoms with van der Waals surface area (Å²) in [7, 11) is 0. The first-order valence-electron chi connectivity index (χ1n) is 7.51. The van der Waals surface area contributed by atoms with E-state index in [4.69, 9.17) is 0 Å². The number of nitro groups is 1. The zero-order chi connectivity index (χ0) is 19.4. The number of rotatable bonds is 5. The molecule has 3 N–H and O–H groups in total. The highest BCUT2D eigenvalue weighted by atomic mass is 32.2. The highest BCUT2D eigenvalue weighted by Gasteiger charge is 2.32. The first-order chi connectivity index (χ1) is 12.9. The van der Waals surface area contributed by atoms with Gasteiger partial charge in [0.25, 0.3) is 10.9 Å². The maximum Gasteiger partial charge on any atom is 0.284 e. The zero-order valence-electron chi connectivity index (χ0n) is 13.5. The Morgan fingerprint density at radius 3 is 2.63 bits per heavy atom. The molecular weight excluding hydrogens is 396 g/mol. The number of amidine groups is 2. The molecule has 1 unspecified atom stereocenters. The van der Waals surface area contributed by atoms with Crippen molar-refractivity contribution in [2.24, 2.45) is 10.2 Å². The molecule has 2 fully saturated rings. The second kappa shape index (κ2) is 8.18. The monoisotopic (exact) mass is 408 g/mol. The molecule has 3 rings (SSSR count). The van der Waals surface area contributed by atoms with Crippen LogP contribution in [0.25, 0.3) is 0 Å². The lowest BCUT2D eigenvalue weighted by Crippen LogP contribution is -2.28. The molecule has 1 aromatic rings. The van der Waals surface area contributed by atoms with E-state index in [1.807, 2.05) is 0 Å². The SMILES string of the molecule is O=C(CC1S/C(=N/N=C2\CSC(=O)N2)NC1=O)Nc1ccc([N+](=O)[O-])cc1. The number of anilines is 1. The molecular formula is C14H12N6O5S2. The second-order valence-electron chi connectivity index (χ2n) is 5.31. The van der Waals surface area contributed by atoms with Crippen LogP contribution in [0.4, 0.5) is 16.2 Å².